The Morgan fingerprint density at radius 3 is 2.21 bits per heavy atom. The number of rotatable bonds is 8. The van der Waals surface area contributed by atoms with Crippen LogP contribution in [0.2, 0.25) is 17.5 Å². The molecule has 6 aliphatic carbocycles. The summed E-state index contributed by atoms with van der Waals surface area (Å²) in [5.41, 5.74) is 16.3. The van der Waals surface area contributed by atoms with Crippen molar-refractivity contribution < 1.29 is 4.42 Å². The highest BCUT2D eigenvalue weighted by atomic mass is 32.2. The summed E-state index contributed by atoms with van der Waals surface area (Å²) in [4.78, 5) is 13.0. The number of benzene rings is 6. The Morgan fingerprint density at radius 1 is 0.605 bits per heavy atom. The van der Waals surface area contributed by atoms with Crippen LogP contribution in [0.5, 0.6) is 0 Å². The average molecular weight is 1090 g/mol. The quantitative estimate of drug-likeness (QED) is 0.140. The lowest BCUT2D eigenvalue weighted by Crippen LogP contribution is -2.69. The molecule has 4 aliphatic heterocycles. The van der Waals surface area contributed by atoms with E-state index in [0.29, 0.717) is 46.7 Å². The highest BCUT2D eigenvalue weighted by Gasteiger charge is 2.62. The van der Waals surface area contributed by atoms with Crippen LogP contribution >= 0.6 is 23.5 Å². The third-order valence-corrected chi connectivity index (χ3v) is 23.7. The van der Waals surface area contributed by atoms with Gasteiger partial charge in [-0.05, 0) is 130 Å². The molecule has 0 bridgehead atoms. The standard InChI is InChI=1S/C72H68B2N4OS2/c1-6-23-47(24-7-1)75(48-25-8-2-9-26-48)52-41-63-70-64(42-52)78(61-38-22-34-55-54-33-16-20-39-65(54)79-72(55)61)62-46-67-59(45-58(62)73(70)56-35-17-19-37-60(56)77(63)51-31-14-5-15-32-51)74-57-36-18-21-40-66(57)80-68-43-53(44-69(81-67)71(68)74)76(49-27-10-3-11-28-49)50-29-12-4-13-30-50/h1,3-6,10-23,27-29,31-40,43,45-46,48,50,52,59,63-64,67-71H,2,7-9,24-26,30,41-42,44H2. The fourth-order valence-electron chi connectivity index (χ4n) is 17.7. The zero-order valence-electron chi connectivity index (χ0n) is 46.0. The molecular formula is C72H68B2N4OS2. The van der Waals surface area contributed by atoms with E-state index in [1.807, 2.05) is 0 Å². The molecule has 0 radical (unpaired) electrons. The summed E-state index contributed by atoms with van der Waals surface area (Å²) in [6.45, 7) is 0.629. The van der Waals surface area contributed by atoms with Crippen molar-refractivity contribution in [3.8, 4) is 0 Å². The molecule has 10 aliphatic rings. The minimum atomic E-state index is 0.196. The van der Waals surface area contributed by atoms with Crippen molar-refractivity contribution in [1.29, 1.82) is 0 Å². The molecule has 0 spiro atoms. The van der Waals surface area contributed by atoms with Gasteiger partial charge >= 0.3 is 0 Å². The highest BCUT2D eigenvalue weighted by Crippen LogP contribution is 2.63. The van der Waals surface area contributed by atoms with Gasteiger partial charge in [-0.3, -0.25) is 0 Å². The predicted molar refractivity (Wildman–Crippen MR) is 345 cm³/mol. The molecule has 9 heteroatoms. The Bertz CT molecular complexity index is 3820. The summed E-state index contributed by atoms with van der Waals surface area (Å²) in [6.07, 6.45) is 38.1. The van der Waals surface area contributed by atoms with E-state index in [1.165, 1.54) is 87.4 Å². The maximum Gasteiger partial charge on any atom is 0.221 e. The maximum atomic E-state index is 7.24. The van der Waals surface area contributed by atoms with Crippen LogP contribution in [0, 0.1) is 0 Å². The summed E-state index contributed by atoms with van der Waals surface area (Å²) in [5.74, 6) is 1.16. The lowest BCUT2D eigenvalue weighted by molar-refractivity contribution is 0.100. The van der Waals surface area contributed by atoms with Gasteiger partial charge in [-0.2, -0.15) is 11.8 Å². The van der Waals surface area contributed by atoms with Gasteiger partial charge in [0.1, 0.15) is 5.58 Å². The summed E-state index contributed by atoms with van der Waals surface area (Å²) < 4.78 is 7.24. The molecule has 2 saturated heterocycles. The third-order valence-electron chi connectivity index (χ3n) is 20.7. The van der Waals surface area contributed by atoms with Crippen LogP contribution in [0.25, 0.3) is 21.9 Å². The van der Waals surface area contributed by atoms with E-state index in [4.69, 9.17) is 4.42 Å². The topological polar surface area (TPSA) is 26.1 Å². The minimum Gasteiger partial charge on any atom is -0.454 e. The molecule has 5 nitrogen and oxygen atoms in total. The summed E-state index contributed by atoms with van der Waals surface area (Å²) in [7, 11) is 0. The van der Waals surface area contributed by atoms with Gasteiger partial charge in [0, 0.05) is 89.7 Å². The lowest BCUT2D eigenvalue weighted by atomic mass is 9.23. The molecule has 17 rings (SSSR count). The van der Waals surface area contributed by atoms with Gasteiger partial charge in [-0.15, -0.1) is 11.8 Å². The Labute approximate surface area is 487 Å². The van der Waals surface area contributed by atoms with Crippen molar-refractivity contribution in [3.63, 3.8) is 0 Å². The van der Waals surface area contributed by atoms with E-state index in [9.17, 15) is 0 Å². The molecule has 400 valence electrons. The number of nitrogens with zero attached hydrogens (tertiary/aromatic N) is 4. The summed E-state index contributed by atoms with van der Waals surface area (Å²) >= 11 is 4.46. The number of hydrogen-bond donors (Lipinski definition) is 0. The monoisotopic (exact) mass is 1090 g/mol. The van der Waals surface area contributed by atoms with Gasteiger partial charge in [0.25, 0.3) is 0 Å². The number of thioether (sulfide) groups is 2. The van der Waals surface area contributed by atoms with E-state index in [0.717, 1.165) is 49.7 Å². The van der Waals surface area contributed by atoms with Crippen molar-refractivity contribution in [2.75, 3.05) is 14.7 Å². The number of anilines is 4. The SMILES string of the molecule is C1=CCCC(N(C2CCCCC2)C2CC3C4B(C5=CC6B7c8ccccc8SC8C=C(N(c9ccccc9)C9C=CC=CC9)CC(SC6C=C5N3c3cccc5c3oc3ccccc35)C78)c3ccccc3N(c3ccccc3)C4C2)=C1. The second-order valence-electron chi connectivity index (χ2n) is 24.8. The van der Waals surface area contributed by atoms with Crippen LogP contribution in [0.4, 0.5) is 22.7 Å². The van der Waals surface area contributed by atoms with Crippen molar-refractivity contribution in [1.82, 2.24) is 4.90 Å². The first-order valence-corrected chi connectivity index (χ1v) is 32.5. The average Bonchev–Trinajstić information content (AvgIpc) is 3.91. The number of furan rings is 1. The molecule has 2 saturated carbocycles. The molecule has 4 fully saturated rings. The van der Waals surface area contributed by atoms with Crippen molar-refractivity contribution in [3.05, 3.63) is 235 Å². The Kier molecular flexibility index (Phi) is 12.1. The predicted octanol–water partition coefficient (Wildman–Crippen LogP) is 16.2. The molecule has 6 aromatic carbocycles. The van der Waals surface area contributed by atoms with E-state index >= 15 is 0 Å². The molecule has 0 N–H and O–H groups in total. The molecule has 0 amide bonds. The second kappa shape index (κ2) is 20.0. The smallest absolute Gasteiger partial charge is 0.221 e. The van der Waals surface area contributed by atoms with Crippen molar-refractivity contribution in [2.45, 2.75) is 139 Å². The summed E-state index contributed by atoms with van der Waals surface area (Å²) in [5, 5.41) is 3.52. The number of allylic oxidation sites excluding steroid dienone is 9. The zero-order valence-corrected chi connectivity index (χ0v) is 47.6. The molecule has 5 heterocycles. The molecular weight excluding hydrogens is 1020 g/mol. The van der Waals surface area contributed by atoms with Gasteiger partial charge in [-0.25, -0.2) is 0 Å². The summed E-state index contributed by atoms with van der Waals surface area (Å²) in [6, 6.07) is 59.6. The van der Waals surface area contributed by atoms with Gasteiger partial charge in [0.05, 0.1) is 11.7 Å². The Morgan fingerprint density at radius 2 is 1.37 bits per heavy atom. The second-order valence-corrected chi connectivity index (χ2v) is 27.5. The number of para-hydroxylation sites is 5. The highest BCUT2D eigenvalue weighted by molar-refractivity contribution is 8.02. The fourth-order valence-corrected chi connectivity index (χ4v) is 21.2. The van der Waals surface area contributed by atoms with E-state index in [2.05, 4.69) is 256 Å². The zero-order chi connectivity index (χ0) is 53.1. The van der Waals surface area contributed by atoms with Crippen LogP contribution in [0.15, 0.2) is 244 Å². The molecule has 7 aromatic rings. The largest absolute Gasteiger partial charge is 0.454 e. The van der Waals surface area contributed by atoms with E-state index in [-0.39, 0.29) is 30.1 Å². The van der Waals surface area contributed by atoms with Gasteiger partial charge < -0.3 is 24.0 Å². The van der Waals surface area contributed by atoms with Crippen LogP contribution in [-0.2, 0) is 0 Å². The first-order valence-electron chi connectivity index (χ1n) is 30.7. The molecule has 10 unspecified atom stereocenters. The lowest BCUT2D eigenvalue weighted by Gasteiger charge is -2.62. The van der Waals surface area contributed by atoms with Crippen LogP contribution in [0.3, 0.4) is 0 Å². The van der Waals surface area contributed by atoms with Crippen molar-refractivity contribution >= 4 is 92.6 Å². The van der Waals surface area contributed by atoms with Gasteiger partial charge in [0.2, 0.25) is 6.71 Å². The Hall–Kier alpha value is -6.67. The molecule has 1 aromatic heterocycles. The third kappa shape index (κ3) is 7.97. The number of hydrogen-bond acceptors (Lipinski definition) is 7. The molecule has 10 atom stereocenters. The Balaban J connectivity index is 0.882. The first kappa shape index (κ1) is 49.0. The molecule has 81 heavy (non-hydrogen) atoms. The number of fused-ring (bicyclic) bond motifs is 11. The van der Waals surface area contributed by atoms with E-state index in [1.54, 1.807) is 16.6 Å². The van der Waals surface area contributed by atoms with Crippen LogP contribution in [-0.4, -0.2) is 64.3 Å². The fraction of sp³-hybridized carbons (Fsp3) is 0.306. The first-order chi connectivity index (χ1) is 40.2. The van der Waals surface area contributed by atoms with E-state index < -0.39 is 0 Å². The van der Waals surface area contributed by atoms with Gasteiger partial charge in [-0.1, -0.05) is 187 Å². The van der Waals surface area contributed by atoms with Crippen molar-refractivity contribution in [2.24, 2.45) is 0 Å². The normalized spacial score (nSPS) is 28.8. The van der Waals surface area contributed by atoms with Gasteiger partial charge in [0.15, 0.2) is 12.3 Å². The van der Waals surface area contributed by atoms with Crippen LogP contribution < -0.4 is 25.6 Å². The minimum absolute atomic E-state index is 0.196. The maximum absolute atomic E-state index is 7.24. The van der Waals surface area contributed by atoms with Crippen LogP contribution in [0.1, 0.15) is 70.6 Å².